The second-order valence-electron chi connectivity index (χ2n) is 4.76. The number of esters is 1. The van der Waals surface area contributed by atoms with E-state index in [-0.39, 0.29) is 11.9 Å². The number of carbonyl (C=O) groups excluding carboxylic acids is 1. The monoisotopic (exact) mass is 226 g/mol. The Morgan fingerprint density at radius 2 is 2.25 bits per heavy atom. The van der Waals surface area contributed by atoms with Gasteiger partial charge in [0.2, 0.25) is 0 Å². The molecule has 3 nitrogen and oxygen atoms in total. The third-order valence-corrected chi connectivity index (χ3v) is 3.10. The predicted molar refractivity (Wildman–Crippen MR) is 62.9 cm³/mol. The molecule has 16 heavy (non-hydrogen) atoms. The molecule has 0 aromatic heterocycles. The van der Waals surface area contributed by atoms with Gasteiger partial charge in [0.1, 0.15) is 0 Å². The zero-order valence-corrected chi connectivity index (χ0v) is 10.4. The topological polar surface area (TPSA) is 46.5 Å². The highest BCUT2D eigenvalue weighted by Crippen LogP contribution is 2.34. The van der Waals surface area contributed by atoms with E-state index in [1.54, 1.807) is 13.0 Å². The Hall–Kier alpha value is -0.830. The molecule has 0 aromatic rings. The molecule has 0 saturated heterocycles. The SMILES string of the molecule is CCOC(=O)C(C(C)C)C1(O)C=CCCC1. The first-order valence-corrected chi connectivity index (χ1v) is 6.08. The molecule has 0 aromatic carbocycles. The number of aliphatic hydroxyl groups is 1. The Bertz CT molecular complexity index is 270. The maximum Gasteiger partial charge on any atom is 0.312 e. The molecule has 0 heterocycles. The van der Waals surface area contributed by atoms with Gasteiger partial charge < -0.3 is 9.84 Å². The van der Waals surface area contributed by atoms with E-state index in [0.29, 0.717) is 13.0 Å². The van der Waals surface area contributed by atoms with Gasteiger partial charge in [0, 0.05) is 0 Å². The van der Waals surface area contributed by atoms with E-state index in [0.717, 1.165) is 12.8 Å². The van der Waals surface area contributed by atoms with Crippen molar-refractivity contribution in [3.05, 3.63) is 12.2 Å². The summed E-state index contributed by atoms with van der Waals surface area (Å²) >= 11 is 0. The Morgan fingerprint density at radius 1 is 1.56 bits per heavy atom. The maximum atomic E-state index is 11.9. The van der Waals surface area contributed by atoms with E-state index >= 15 is 0 Å². The minimum absolute atomic E-state index is 0.0757. The molecular formula is C13H22O3. The van der Waals surface area contributed by atoms with Gasteiger partial charge in [-0.3, -0.25) is 4.79 Å². The van der Waals surface area contributed by atoms with Crippen LogP contribution in [0.15, 0.2) is 12.2 Å². The Balaban J connectivity index is 2.88. The van der Waals surface area contributed by atoms with Crippen LogP contribution in [0.5, 0.6) is 0 Å². The molecule has 0 amide bonds. The lowest BCUT2D eigenvalue weighted by atomic mass is 9.74. The Labute approximate surface area is 97.5 Å². The average Bonchev–Trinajstić information content (AvgIpc) is 2.17. The van der Waals surface area contributed by atoms with Crippen LogP contribution < -0.4 is 0 Å². The number of hydrogen-bond acceptors (Lipinski definition) is 3. The summed E-state index contributed by atoms with van der Waals surface area (Å²) in [6.07, 6.45) is 6.28. The maximum absolute atomic E-state index is 11.9. The molecule has 0 saturated carbocycles. The number of rotatable bonds is 4. The van der Waals surface area contributed by atoms with Crippen LogP contribution in [0.4, 0.5) is 0 Å². The van der Waals surface area contributed by atoms with Crippen LogP contribution in [-0.2, 0) is 9.53 Å². The molecule has 2 unspecified atom stereocenters. The zero-order chi connectivity index (χ0) is 12.2. The van der Waals surface area contributed by atoms with Gasteiger partial charge in [-0.05, 0) is 32.1 Å². The van der Waals surface area contributed by atoms with E-state index in [2.05, 4.69) is 0 Å². The number of ether oxygens (including phenoxy) is 1. The van der Waals surface area contributed by atoms with Crippen molar-refractivity contribution in [2.75, 3.05) is 6.61 Å². The van der Waals surface area contributed by atoms with Crippen molar-refractivity contribution in [1.82, 2.24) is 0 Å². The summed E-state index contributed by atoms with van der Waals surface area (Å²) in [5, 5.41) is 10.5. The normalized spacial score (nSPS) is 26.8. The molecule has 3 heteroatoms. The summed E-state index contributed by atoms with van der Waals surface area (Å²) < 4.78 is 5.05. The number of hydrogen-bond donors (Lipinski definition) is 1. The third kappa shape index (κ3) is 2.85. The summed E-state index contributed by atoms with van der Waals surface area (Å²) in [5.41, 5.74) is -1.02. The fourth-order valence-corrected chi connectivity index (χ4v) is 2.42. The fraction of sp³-hybridized carbons (Fsp3) is 0.769. The molecule has 0 aliphatic heterocycles. The van der Waals surface area contributed by atoms with Crippen LogP contribution in [0, 0.1) is 11.8 Å². The van der Waals surface area contributed by atoms with Crippen molar-refractivity contribution < 1.29 is 14.6 Å². The summed E-state index contributed by atoms with van der Waals surface area (Å²) in [4.78, 5) is 11.9. The van der Waals surface area contributed by atoms with Gasteiger partial charge in [0.25, 0.3) is 0 Å². The lowest BCUT2D eigenvalue weighted by molar-refractivity contribution is -0.159. The molecule has 0 spiro atoms. The van der Waals surface area contributed by atoms with Crippen molar-refractivity contribution in [2.45, 2.75) is 45.6 Å². The van der Waals surface area contributed by atoms with Crippen LogP contribution >= 0.6 is 0 Å². The largest absolute Gasteiger partial charge is 0.466 e. The van der Waals surface area contributed by atoms with Crippen molar-refractivity contribution in [2.24, 2.45) is 11.8 Å². The van der Waals surface area contributed by atoms with Crippen molar-refractivity contribution in [3.63, 3.8) is 0 Å². The van der Waals surface area contributed by atoms with Crippen LogP contribution in [0.25, 0.3) is 0 Å². The van der Waals surface area contributed by atoms with E-state index in [1.807, 2.05) is 19.9 Å². The van der Waals surface area contributed by atoms with Crippen molar-refractivity contribution in [1.29, 1.82) is 0 Å². The molecule has 1 aliphatic carbocycles. The van der Waals surface area contributed by atoms with Crippen molar-refractivity contribution >= 4 is 5.97 Å². The quantitative estimate of drug-likeness (QED) is 0.591. The Morgan fingerprint density at radius 3 is 2.69 bits per heavy atom. The lowest BCUT2D eigenvalue weighted by Gasteiger charge is -2.36. The fourth-order valence-electron chi connectivity index (χ4n) is 2.42. The summed E-state index contributed by atoms with van der Waals surface area (Å²) in [6.45, 7) is 6.04. The zero-order valence-electron chi connectivity index (χ0n) is 10.4. The Kier molecular flexibility index (Phi) is 4.54. The molecule has 1 N–H and O–H groups in total. The van der Waals surface area contributed by atoms with Gasteiger partial charge in [0.05, 0.1) is 18.1 Å². The smallest absolute Gasteiger partial charge is 0.312 e. The first-order chi connectivity index (χ1) is 7.51. The molecular weight excluding hydrogens is 204 g/mol. The molecule has 92 valence electrons. The first kappa shape index (κ1) is 13.2. The minimum atomic E-state index is -1.02. The van der Waals surface area contributed by atoms with Crippen molar-refractivity contribution in [3.8, 4) is 0 Å². The van der Waals surface area contributed by atoms with Gasteiger partial charge in [0.15, 0.2) is 0 Å². The highest BCUT2D eigenvalue weighted by Gasteiger charge is 2.42. The molecule has 1 aliphatic rings. The van der Waals surface area contributed by atoms with Crippen LogP contribution in [0.3, 0.4) is 0 Å². The van der Waals surface area contributed by atoms with Crippen LogP contribution in [0.2, 0.25) is 0 Å². The van der Waals surface area contributed by atoms with Gasteiger partial charge >= 0.3 is 5.97 Å². The molecule has 0 fully saturated rings. The van der Waals surface area contributed by atoms with Gasteiger partial charge in [-0.2, -0.15) is 0 Å². The standard InChI is InChI=1S/C13H22O3/c1-4-16-12(14)11(10(2)3)13(15)8-6-5-7-9-13/h6,8,10-11,15H,4-5,7,9H2,1-3H3. The van der Waals surface area contributed by atoms with E-state index < -0.39 is 11.5 Å². The van der Waals surface area contributed by atoms with E-state index in [4.69, 9.17) is 4.74 Å². The second-order valence-corrected chi connectivity index (χ2v) is 4.76. The van der Waals surface area contributed by atoms with Gasteiger partial charge in [-0.1, -0.05) is 26.0 Å². The highest BCUT2D eigenvalue weighted by atomic mass is 16.5. The molecule has 1 rings (SSSR count). The van der Waals surface area contributed by atoms with Crippen LogP contribution in [-0.4, -0.2) is 23.3 Å². The molecule has 0 radical (unpaired) electrons. The van der Waals surface area contributed by atoms with Crippen LogP contribution in [0.1, 0.15) is 40.0 Å². The summed E-state index contributed by atoms with van der Waals surface area (Å²) in [6, 6.07) is 0. The number of carbonyl (C=O) groups is 1. The second kappa shape index (κ2) is 5.48. The highest BCUT2D eigenvalue weighted by molar-refractivity contribution is 5.74. The average molecular weight is 226 g/mol. The summed E-state index contributed by atoms with van der Waals surface area (Å²) in [5.74, 6) is -0.664. The minimum Gasteiger partial charge on any atom is -0.466 e. The molecule has 0 bridgehead atoms. The summed E-state index contributed by atoms with van der Waals surface area (Å²) in [7, 11) is 0. The predicted octanol–water partition coefficient (Wildman–Crippen LogP) is 2.29. The lowest BCUT2D eigenvalue weighted by Crippen LogP contribution is -2.45. The van der Waals surface area contributed by atoms with Gasteiger partial charge in [-0.25, -0.2) is 0 Å². The third-order valence-electron chi connectivity index (χ3n) is 3.10. The van der Waals surface area contributed by atoms with Gasteiger partial charge in [-0.15, -0.1) is 0 Å². The van der Waals surface area contributed by atoms with E-state index in [1.165, 1.54) is 0 Å². The van der Waals surface area contributed by atoms with E-state index in [9.17, 15) is 9.90 Å². The number of allylic oxidation sites excluding steroid dienone is 1. The molecule has 2 atom stereocenters. The first-order valence-electron chi connectivity index (χ1n) is 6.08.